The third-order valence-corrected chi connectivity index (χ3v) is 8.39. The Hall–Kier alpha value is -2.22. The highest BCUT2D eigenvalue weighted by atomic mass is 16.5. The zero-order valence-electron chi connectivity index (χ0n) is 24.6. The summed E-state index contributed by atoms with van der Waals surface area (Å²) >= 11 is 0. The number of rotatable bonds is 17. The fourth-order valence-electron chi connectivity index (χ4n) is 5.36. The van der Waals surface area contributed by atoms with Gasteiger partial charge in [0.25, 0.3) is 0 Å². The van der Waals surface area contributed by atoms with Gasteiger partial charge in [-0.25, -0.2) is 0 Å². The van der Waals surface area contributed by atoms with Gasteiger partial charge in [-0.2, -0.15) is 0 Å². The second-order valence-corrected chi connectivity index (χ2v) is 11.1. The summed E-state index contributed by atoms with van der Waals surface area (Å²) in [5.41, 5.74) is 1.38. The van der Waals surface area contributed by atoms with E-state index in [9.17, 15) is 0 Å². The number of unbranched alkanes of at least 4 members (excludes halogenated alkanes) is 3. The molecule has 0 saturated carbocycles. The predicted molar refractivity (Wildman–Crippen MR) is 162 cm³/mol. The predicted octanol–water partition coefficient (Wildman–Crippen LogP) is 11.1. The highest BCUT2D eigenvalue weighted by Crippen LogP contribution is 2.44. The Morgan fingerprint density at radius 1 is 0.595 bits per heavy atom. The minimum Gasteiger partial charge on any atom is -0.492 e. The van der Waals surface area contributed by atoms with E-state index in [1.54, 1.807) is 0 Å². The molecule has 0 radical (unpaired) electrons. The first-order valence-corrected chi connectivity index (χ1v) is 15.3. The molecule has 3 atom stereocenters. The zero-order chi connectivity index (χ0) is 26.6. The van der Waals surface area contributed by atoms with Crippen LogP contribution in [0, 0.1) is 11.8 Å². The molecule has 37 heavy (non-hydrogen) atoms. The van der Waals surface area contributed by atoms with Gasteiger partial charge in [0.15, 0.2) is 0 Å². The molecule has 0 aliphatic heterocycles. The third kappa shape index (κ3) is 7.65. The van der Waals surface area contributed by atoms with Crippen molar-refractivity contribution in [3.8, 4) is 11.5 Å². The topological polar surface area (TPSA) is 18.5 Å². The average molecular weight is 505 g/mol. The van der Waals surface area contributed by atoms with Crippen molar-refractivity contribution >= 4 is 21.5 Å². The molecular weight excluding hydrogens is 452 g/mol. The van der Waals surface area contributed by atoms with Crippen LogP contribution in [0.5, 0.6) is 11.5 Å². The van der Waals surface area contributed by atoms with Gasteiger partial charge in [0.2, 0.25) is 0 Å². The Labute approximate surface area is 227 Å². The molecule has 0 fully saturated rings. The maximum Gasteiger partial charge on any atom is 0.135 e. The summed E-state index contributed by atoms with van der Waals surface area (Å²) in [7, 11) is 0. The van der Waals surface area contributed by atoms with Crippen LogP contribution in [0.2, 0.25) is 0 Å². The lowest BCUT2D eigenvalue weighted by molar-refractivity contribution is 0.234. The summed E-state index contributed by atoms with van der Waals surface area (Å²) in [5.74, 6) is 3.77. The third-order valence-electron chi connectivity index (χ3n) is 8.39. The molecule has 0 aromatic heterocycles. The molecule has 0 saturated heterocycles. The largest absolute Gasteiger partial charge is 0.492 e. The van der Waals surface area contributed by atoms with Crippen LogP contribution >= 0.6 is 0 Å². The van der Waals surface area contributed by atoms with Gasteiger partial charge in [0.05, 0.1) is 13.2 Å². The highest BCUT2D eigenvalue weighted by molar-refractivity contribution is 6.11. The first-order valence-electron chi connectivity index (χ1n) is 15.3. The molecule has 0 aliphatic rings. The summed E-state index contributed by atoms with van der Waals surface area (Å²) in [6, 6.07) is 15.7. The SMILES string of the molecule is CCCCCC(CC)COc1c2ccccc2c(OCC(CC)CCCC)c2ccc(C(C)CC)cc12. The maximum atomic E-state index is 6.78. The van der Waals surface area contributed by atoms with E-state index in [1.165, 1.54) is 72.1 Å². The molecule has 3 aromatic carbocycles. The summed E-state index contributed by atoms with van der Waals surface area (Å²) in [4.78, 5) is 0. The number of fused-ring (bicyclic) bond motifs is 2. The van der Waals surface area contributed by atoms with Crippen LogP contribution in [0.1, 0.15) is 117 Å². The van der Waals surface area contributed by atoms with E-state index in [2.05, 4.69) is 84.0 Å². The smallest absolute Gasteiger partial charge is 0.135 e. The van der Waals surface area contributed by atoms with Crippen molar-refractivity contribution in [2.24, 2.45) is 11.8 Å². The van der Waals surface area contributed by atoms with Gasteiger partial charge < -0.3 is 9.47 Å². The van der Waals surface area contributed by atoms with Gasteiger partial charge >= 0.3 is 0 Å². The van der Waals surface area contributed by atoms with E-state index >= 15 is 0 Å². The molecule has 0 amide bonds. The monoisotopic (exact) mass is 504 g/mol. The number of ether oxygens (including phenoxy) is 2. The molecule has 2 heteroatoms. The molecule has 0 bridgehead atoms. The molecule has 0 spiro atoms. The van der Waals surface area contributed by atoms with Crippen molar-refractivity contribution in [3.05, 3.63) is 48.0 Å². The molecule has 3 unspecified atom stereocenters. The Balaban J connectivity index is 2.06. The van der Waals surface area contributed by atoms with Crippen LogP contribution in [0.4, 0.5) is 0 Å². The standard InChI is InChI=1S/C35H52O2/c1-7-12-14-18-28(11-5)25-37-35-31-20-16-15-19-30(31)34(36-24-27(10-4)17-13-8-2)32-22-21-29(23-33(32)35)26(6)9-3/h15-16,19-23,26-28H,7-14,17-18,24-25H2,1-6H3. The van der Waals surface area contributed by atoms with Gasteiger partial charge in [-0.15, -0.1) is 0 Å². The van der Waals surface area contributed by atoms with Gasteiger partial charge in [0.1, 0.15) is 11.5 Å². The first-order chi connectivity index (χ1) is 18.1. The van der Waals surface area contributed by atoms with Crippen LogP contribution in [0.15, 0.2) is 42.5 Å². The van der Waals surface area contributed by atoms with Crippen molar-refractivity contribution in [2.75, 3.05) is 13.2 Å². The molecule has 0 N–H and O–H groups in total. The molecule has 3 rings (SSSR count). The summed E-state index contributed by atoms with van der Waals surface area (Å²) in [5, 5.41) is 4.74. The van der Waals surface area contributed by atoms with E-state index in [-0.39, 0.29) is 0 Å². The van der Waals surface area contributed by atoms with Crippen molar-refractivity contribution in [1.29, 1.82) is 0 Å². The van der Waals surface area contributed by atoms with Crippen LogP contribution in [-0.2, 0) is 0 Å². The highest BCUT2D eigenvalue weighted by Gasteiger charge is 2.20. The lowest BCUT2D eigenvalue weighted by Gasteiger charge is -2.23. The lowest BCUT2D eigenvalue weighted by atomic mass is 9.93. The normalized spacial score (nSPS) is 14.1. The van der Waals surface area contributed by atoms with Gasteiger partial charge in [0, 0.05) is 21.5 Å². The molecule has 0 heterocycles. The van der Waals surface area contributed by atoms with Crippen molar-refractivity contribution in [1.82, 2.24) is 0 Å². The fraction of sp³-hybridized carbons (Fsp3) is 0.600. The molecule has 204 valence electrons. The Morgan fingerprint density at radius 3 is 1.68 bits per heavy atom. The van der Waals surface area contributed by atoms with Crippen LogP contribution < -0.4 is 9.47 Å². The van der Waals surface area contributed by atoms with Crippen LogP contribution in [0.25, 0.3) is 21.5 Å². The summed E-state index contributed by atoms with van der Waals surface area (Å²) in [6.07, 6.45) is 12.3. The lowest BCUT2D eigenvalue weighted by Crippen LogP contribution is -2.13. The van der Waals surface area contributed by atoms with E-state index in [4.69, 9.17) is 9.47 Å². The summed E-state index contributed by atoms with van der Waals surface area (Å²) in [6.45, 7) is 15.3. The Morgan fingerprint density at radius 2 is 1.14 bits per heavy atom. The maximum absolute atomic E-state index is 6.78. The minimum absolute atomic E-state index is 0.518. The second-order valence-electron chi connectivity index (χ2n) is 11.1. The minimum atomic E-state index is 0.518. The van der Waals surface area contributed by atoms with E-state index in [1.807, 2.05) is 0 Å². The van der Waals surface area contributed by atoms with Gasteiger partial charge in [-0.1, -0.05) is 123 Å². The Kier molecular flexibility index (Phi) is 12.1. The van der Waals surface area contributed by atoms with Crippen LogP contribution in [-0.4, -0.2) is 13.2 Å². The molecule has 2 nitrogen and oxygen atoms in total. The molecular formula is C35H52O2. The number of hydrogen-bond donors (Lipinski definition) is 0. The van der Waals surface area contributed by atoms with E-state index < -0.39 is 0 Å². The Bertz CT molecular complexity index is 1090. The second kappa shape index (κ2) is 15.3. The fourth-order valence-corrected chi connectivity index (χ4v) is 5.36. The first kappa shape index (κ1) is 29.3. The molecule has 3 aromatic rings. The summed E-state index contributed by atoms with van der Waals surface area (Å²) < 4.78 is 13.5. The van der Waals surface area contributed by atoms with Crippen LogP contribution in [0.3, 0.4) is 0 Å². The number of hydrogen-bond acceptors (Lipinski definition) is 2. The van der Waals surface area contributed by atoms with E-state index in [0.29, 0.717) is 17.8 Å². The van der Waals surface area contributed by atoms with Crippen molar-refractivity contribution in [3.63, 3.8) is 0 Å². The van der Waals surface area contributed by atoms with Crippen molar-refractivity contribution in [2.45, 2.75) is 112 Å². The molecule has 0 aliphatic carbocycles. The quantitative estimate of drug-likeness (QED) is 0.134. The zero-order valence-corrected chi connectivity index (χ0v) is 24.6. The number of benzene rings is 3. The van der Waals surface area contributed by atoms with Gasteiger partial charge in [-0.3, -0.25) is 0 Å². The van der Waals surface area contributed by atoms with Crippen molar-refractivity contribution < 1.29 is 9.47 Å². The van der Waals surface area contributed by atoms with Gasteiger partial charge in [-0.05, 0) is 48.6 Å². The average Bonchev–Trinajstić information content (AvgIpc) is 2.94. The van der Waals surface area contributed by atoms with E-state index in [0.717, 1.165) is 44.0 Å².